The molecule has 7 heteroatoms. The molecule has 2 N–H and O–H groups in total. The maximum Gasteiger partial charge on any atom is 0.251 e. The third kappa shape index (κ3) is 6.11. The number of nitrogens with zero attached hydrogens (tertiary/aromatic N) is 2. The van der Waals surface area contributed by atoms with Crippen molar-refractivity contribution in [3.63, 3.8) is 0 Å². The zero-order chi connectivity index (χ0) is 16.7. The number of carbonyl (C=O) groups excluding carboxylic acids is 1. The van der Waals surface area contributed by atoms with Crippen molar-refractivity contribution in [2.75, 3.05) is 13.1 Å². The quantitative estimate of drug-likeness (QED) is 0.756. The Bertz CT molecular complexity index is 706. The molecule has 0 radical (unpaired) electrons. The normalized spacial score (nSPS) is 10.1. The Morgan fingerprint density at radius 1 is 1.17 bits per heavy atom. The number of nitrogens with two attached hydrogens (primary N) is 1. The third-order valence-corrected chi connectivity index (χ3v) is 3.92. The first-order chi connectivity index (χ1) is 11.1. The maximum atomic E-state index is 12.6. The fourth-order valence-corrected chi connectivity index (χ4v) is 2.63. The van der Waals surface area contributed by atoms with Gasteiger partial charge < -0.3 is 15.2 Å². The molecule has 1 aromatic carbocycles. The van der Waals surface area contributed by atoms with Crippen LogP contribution in [0.25, 0.3) is 0 Å². The second kappa shape index (κ2) is 10.3. The lowest BCUT2D eigenvalue weighted by Crippen LogP contribution is -2.37. The van der Waals surface area contributed by atoms with Crippen LogP contribution in [0.2, 0.25) is 0 Å². The van der Waals surface area contributed by atoms with Gasteiger partial charge in [-0.1, -0.05) is 30.3 Å². The molecule has 5 nitrogen and oxygen atoms in total. The molecule has 0 aliphatic carbocycles. The summed E-state index contributed by atoms with van der Waals surface area (Å²) >= 11 is 3.32. The van der Waals surface area contributed by atoms with Gasteiger partial charge in [-0.2, -0.15) is 0 Å². The van der Waals surface area contributed by atoms with Crippen molar-refractivity contribution in [2.24, 2.45) is 5.73 Å². The zero-order valence-electron chi connectivity index (χ0n) is 13.2. The van der Waals surface area contributed by atoms with E-state index in [0.29, 0.717) is 19.6 Å². The standard InChI is InChI=1S/C17H20BrN3O2.ClH/c18-15-7-8-16(22)21(12-15)13-17(23)20(10-4-9-19)11-14-5-2-1-3-6-14;/h1-3,5-8,12H,4,9-11,13,19H2;1H. The molecule has 2 rings (SSSR count). The number of hydrogen-bond acceptors (Lipinski definition) is 3. The summed E-state index contributed by atoms with van der Waals surface area (Å²) < 4.78 is 2.17. The molecule has 1 heterocycles. The van der Waals surface area contributed by atoms with Gasteiger partial charge in [0.2, 0.25) is 5.91 Å². The molecule has 2 aromatic rings. The molecular weight excluding hydrogens is 394 g/mol. The van der Waals surface area contributed by atoms with Gasteiger partial charge in [-0.05, 0) is 40.5 Å². The van der Waals surface area contributed by atoms with E-state index in [2.05, 4.69) is 15.9 Å². The zero-order valence-corrected chi connectivity index (χ0v) is 15.6. The first kappa shape index (κ1) is 20.4. The molecule has 0 aliphatic rings. The topological polar surface area (TPSA) is 68.3 Å². The third-order valence-electron chi connectivity index (χ3n) is 3.45. The van der Waals surface area contributed by atoms with E-state index in [-0.39, 0.29) is 30.4 Å². The van der Waals surface area contributed by atoms with Crippen molar-refractivity contribution in [3.05, 3.63) is 69.1 Å². The van der Waals surface area contributed by atoms with E-state index in [1.807, 2.05) is 30.3 Å². The van der Waals surface area contributed by atoms with Crippen LogP contribution in [-0.2, 0) is 17.9 Å². The largest absolute Gasteiger partial charge is 0.337 e. The predicted octanol–water partition coefficient (Wildman–Crippen LogP) is 2.41. The summed E-state index contributed by atoms with van der Waals surface area (Å²) in [6.45, 7) is 1.64. The van der Waals surface area contributed by atoms with Crippen LogP contribution in [0.5, 0.6) is 0 Å². The second-order valence-corrected chi connectivity index (χ2v) is 6.17. The van der Waals surface area contributed by atoms with E-state index in [0.717, 1.165) is 16.5 Å². The monoisotopic (exact) mass is 413 g/mol. The molecule has 0 aliphatic heterocycles. The van der Waals surface area contributed by atoms with Gasteiger partial charge >= 0.3 is 0 Å². The first-order valence-corrected chi connectivity index (χ1v) is 8.27. The molecule has 1 amide bonds. The van der Waals surface area contributed by atoms with Crippen molar-refractivity contribution < 1.29 is 4.79 Å². The fourth-order valence-electron chi connectivity index (χ4n) is 2.25. The van der Waals surface area contributed by atoms with Gasteiger partial charge in [0.25, 0.3) is 5.56 Å². The highest BCUT2D eigenvalue weighted by Gasteiger charge is 2.15. The van der Waals surface area contributed by atoms with Crippen molar-refractivity contribution in [2.45, 2.75) is 19.5 Å². The van der Waals surface area contributed by atoms with Crippen molar-refractivity contribution in [3.8, 4) is 0 Å². The summed E-state index contributed by atoms with van der Waals surface area (Å²) in [7, 11) is 0. The molecule has 1 aromatic heterocycles. The Labute approximate surface area is 156 Å². The minimum Gasteiger partial charge on any atom is -0.337 e. The minimum absolute atomic E-state index is 0. The van der Waals surface area contributed by atoms with Gasteiger partial charge in [0, 0.05) is 29.8 Å². The number of pyridine rings is 1. The van der Waals surface area contributed by atoms with Crippen LogP contribution in [0.15, 0.2) is 57.9 Å². The van der Waals surface area contributed by atoms with E-state index in [1.165, 1.54) is 10.6 Å². The predicted molar refractivity (Wildman–Crippen MR) is 101 cm³/mol. The highest BCUT2D eigenvalue weighted by Crippen LogP contribution is 2.08. The lowest BCUT2D eigenvalue weighted by molar-refractivity contribution is -0.132. The van der Waals surface area contributed by atoms with Crippen molar-refractivity contribution in [1.29, 1.82) is 0 Å². The average molecular weight is 415 g/mol. The Kier molecular flexibility index (Phi) is 8.74. The van der Waals surface area contributed by atoms with Crippen LogP contribution < -0.4 is 11.3 Å². The Balaban J connectivity index is 0.00000288. The minimum atomic E-state index is -0.194. The lowest BCUT2D eigenvalue weighted by atomic mass is 10.2. The SMILES string of the molecule is Cl.NCCCN(Cc1ccccc1)C(=O)Cn1cc(Br)ccc1=O. The molecule has 0 unspecified atom stereocenters. The maximum absolute atomic E-state index is 12.6. The molecule has 0 saturated heterocycles. The van der Waals surface area contributed by atoms with E-state index in [4.69, 9.17) is 5.73 Å². The molecule has 0 atom stereocenters. The summed E-state index contributed by atoms with van der Waals surface area (Å²) in [6, 6.07) is 12.9. The smallest absolute Gasteiger partial charge is 0.251 e. The summed E-state index contributed by atoms with van der Waals surface area (Å²) in [5.74, 6) is -0.0949. The molecule has 0 saturated carbocycles. The molecule has 24 heavy (non-hydrogen) atoms. The van der Waals surface area contributed by atoms with E-state index in [9.17, 15) is 9.59 Å². The highest BCUT2D eigenvalue weighted by atomic mass is 79.9. The van der Waals surface area contributed by atoms with Crippen LogP contribution >= 0.6 is 28.3 Å². The van der Waals surface area contributed by atoms with Gasteiger partial charge in [-0.25, -0.2) is 0 Å². The highest BCUT2D eigenvalue weighted by molar-refractivity contribution is 9.10. The van der Waals surface area contributed by atoms with Gasteiger partial charge in [0.05, 0.1) is 0 Å². The van der Waals surface area contributed by atoms with Crippen molar-refractivity contribution >= 4 is 34.2 Å². The summed E-state index contributed by atoms with van der Waals surface area (Å²) in [5, 5.41) is 0. The van der Waals surface area contributed by atoms with Crippen molar-refractivity contribution in [1.82, 2.24) is 9.47 Å². The number of carbonyl (C=O) groups is 1. The van der Waals surface area contributed by atoms with Gasteiger partial charge in [0.15, 0.2) is 0 Å². The molecular formula is C17H21BrClN3O2. The number of benzene rings is 1. The van der Waals surface area contributed by atoms with Crippen LogP contribution in [0.3, 0.4) is 0 Å². The Morgan fingerprint density at radius 2 is 1.88 bits per heavy atom. The van der Waals surface area contributed by atoms with E-state index < -0.39 is 0 Å². The fraction of sp³-hybridized carbons (Fsp3) is 0.294. The van der Waals surface area contributed by atoms with Gasteiger partial charge in [0.1, 0.15) is 6.54 Å². The number of aromatic nitrogens is 1. The number of rotatable bonds is 7. The summed E-state index contributed by atoms with van der Waals surface area (Å²) in [5.41, 5.74) is 6.43. The van der Waals surface area contributed by atoms with E-state index in [1.54, 1.807) is 17.2 Å². The molecule has 0 fully saturated rings. The van der Waals surface area contributed by atoms with Gasteiger partial charge in [-0.15, -0.1) is 12.4 Å². The molecule has 130 valence electrons. The van der Waals surface area contributed by atoms with Crippen LogP contribution in [0, 0.1) is 0 Å². The van der Waals surface area contributed by atoms with Gasteiger partial charge in [-0.3, -0.25) is 9.59 Å². The number of halogens is 2. The Morgan fingerprint density at radius 3 is 2.54 bits per heavy atom. The lowest BCUT2D eigenvalue weighted by Gasteiger charge is -2.23. The van der Waals surface area contributed by atoms with Crippen LogP contribution in [-0.4, -0.2) is 28.5 Å². The summed E-state index contributed by atoms with van der Waals surface area (Å²) in [6.07, 6.45) is 2.36. The summed E-state index contributed by atoms with van der Waals surface area (Å²) in [4.78, 5) is 26.2. The van der Waals surface area contributed by atoms with Crippen LogP contribution in [0.1, 0.15) is 12.0 Å². The first-order valence-electron chi connectivity index (χ1n) is 7.48. The van der Waals surface area contributed by atoms with E-state index >= 15 is 0 Å². The molecule has 0 bridgehead atoms. The average Bonchev–Trinajstić information content (AvgIpc) is 2.55. The number of hydrogen-bond donors (Lipinski definition) is 1. The van der Waals surface area contributed by atoms with Crippen LogP contribution in [0.4, 0.5) is 0 Å². The number of amides is 1. The Hall–Kier alpha value is -1.63. The second-order valence-electron chi connectivity index (χ2n) is 5.26. The molecule has 0 spiro atoms.